The molecule has 2 aromatic rings. The maximum atomic E-state index is 13.1. The van der Waals surface area contributed by atoms with Gasteiger partial charge in [0, 0.05) is 30.6 Å². The van der Waals surface area contributed by atoms with E-state index in [1.165, 1.54) is 36.1 Å². The minimum absolute atomic E-state index is 0.115. The van der Waals surface area contributed by atoms with E-state index < -0.39 is 11.7 Å². The van der Waals surface area contributed by atoms with Crippen molar-refractivity contribution in [2.45, 2.75) is 62.8 Å². The van der Waals surface area contributed by atoms with E-state index in [-0.39, 0.29) is 17.2 Å². The Morgan fingerprint density at radius 2 is 1.97 bits per heavy atom. The molecule has 0 unspecified atom stereocenters. The van der Waals surface area contributed by atoms with Gasteiger partial charge in [-0.15, -0.1) is 0 Å². The largest absolute Gasteiger partial charge is 0.508 e. The SMILES string of the molecule is C[C@]12CCN(CC3CC3)[C@H](Cc3ccc(O)cc31)[C@@H]2NCc1cccc(C(F)(F)F)c1. The van der Waals surface area contributed by atoms with Crippen LogP contribution in [0, 0.1) is 5.92 Å². The fourth-order valence-corrected chi connectivity index (χ4v) is 5.69. The first-order valence-corrected chi connectivity index (χ1v) is 11.2. The Bertz CT molecular complexity index is 971. The minimum Gasteiger partial charge on any atom is -0.508 e. The van der Waals surface area contributed by atoms with Gasteiger partial charge >= 0.3 is 6.18 Å². The number of benzene rings is 2. The maximum Gasteiger partial charge on any atom is 0.416 e. The Balaban J connectivity index is 1.44. The molecule has 0 spiro atoms. The van der Waals surface area contributed by atoms with Gasteiger partial charge < -0.3 is 10.4 Å². The highest BCUT2D eigenvalue weighted by Gasteiger charge is 2.51. The molecule has 1 saturated heterocycles. The summed E-state index contributed by atoms with van der Waals surface area (Å²) >= 11 is 0. The molecule has 0 amide bonds. The lowest BCUT2D eigenvalue weighted by Gasteiger charge is -2.56. The van der Waals surface area contributed by atoms with Crippen molar-refractivity contribution in [2.24, 2.45) is 5.92 Å². The Kier molecular flexibility index (Phi) is 5.05. The second-order valence-electron chi connectivity index (χ2n) is 9.78. The summed E-state index contributed by atoms with van der Waals surface area (Å²) in [5.74, 6) is 1.06. The minimum atomic E-state index is -4.33. The average molecular weight is 431 g/mol. The zero-order chi connectivity index (χ0) is 21.8. The number of nitrogens with one attached hydrogen (secondary N) is 1. The van der Waals surface area contributed by atoms with Gasteiger partial charge in [-0.3, -0.25) is 4.90 Å². The van der Waals surface area contributed by atoms with E-state index in [1.54, 1.807) is 12.1 Å². The third kappa shape index (κ3) is 3.96. The van der Waals surface area contributed by atoms with Crippen LogP contribution in [0.15, 0.2) is 42.5 Å². The number of piperidine rings is 1. The molecule has 2 bridgehead atoms. The normalized spacial score (nSPS) is 28.4. The molecule has 0 radical (unpaired) electrons. The number of phenols is 1. The third-order valence-corrected chi connectivity index (χ3v) is 7.57. The molecular weight excluding hydrogens is 401 g/mol. The van der Waals surface area contributed by atoms with Crippen LogP contribution in [0.4, 0.5) is 13.2 Å². The second-order valence-corrected chi connectivity index (χ2v) is 9.78. The van der Waals surface area contributed by atoms with Gasteiger partial charge in [-0.1, -0.05) is 31.2 Å². The first kappa shape index (κ1) is 20.8. The summed E-state index contributed by atoms with van der Waals surface area (Å²) in [6, 6.07) is 11.7. The van der Waals surface area contributed by atoms with Crippen molar-refractivity contribution in [2.75, 3.05) is 13.1 Å². The molecule has 1 saturated carbocycles. The lowest BCUT2D eigenvalue weighted by molar-refractivity contribution is -0.137. The monoisotopic (exact) mass is 430 g/mol. The molecule has 1 heterocycles. The fourth-order valence-electron chi connectivity index (χ4n) is 5.69. The summed E-state index contributed by atoms with van der Waals surface area (Å²) in [6.45, 7) is 4.77. The molecule has 1 aliphatic heterocycles. The summed E-state index contributed by atoms with van der Waals surface area (Å²) in [5.41, 5.74) is 2.33. The predicted molar refractivity (Wildman–Crippen MR) is 114 cm³/mol. The van der Waals surface area contributed by atoms with E-state index in [0.717, 1.165) is 37.9 Å². The lowest BCUT2D eigenvalue weighted by Crippen LogP contribution is -2.67. The van der Waals surface area contributed by atoms with Crippen LogP contribution in [-0.4, -0.2) is 35.2 Å². The van der Waals surface area contributed by atoms with Crippen molar-refractivity contribution < 1.29 is 18.3 Å². The van der Waals surface area contributed by atoms with Crippen LogP contribution < -0.4 is 5.32 Å². The van der Waals surface area contributed by atoms with Crippen LogP contribution >= 0.6 is 0 Å². The van der Waals surface area contributed by atoms with Gasteiger partial charge in [0.15, 0.2) is 0 Å². The molecular formula is C25H29F3N2O. The standard InChI is InChI=1S/C25H29F3N2O/c1-24-9-10-30(15-16-5-6-16)22(12-18-7-8-20(31)13-21(18)24)23(24)29-14-17-3-2-4-19(11-17)25(26,27)28/h2-4,7-8,11,13,16,22-23,29,31H,5-6,9-10,12,14-15H2,1H3/t22-,23+,24+/m1/s1. The number of alkyl halides is 3. The molecule has 3 nitrogen and oxygen atoms in total. The molecule has 6 heteroatoms. The van der Waals surface area contributed by atoms with E-state index in [1.807, 2.05) is 12.1 Å². The summed E-state index contributed by atoms with van der Waals surface area (Å²) in [6.07, 6.45) is 0.131. The first-order valence-electron chi connectivity index (χ1n) is 11.2. The molecule has 31 heavy (non-hydrogen) atoms. The van der Waals surface area contributed by atoms with Gasteiger partial charge in [0.25, 0.3) is 0 Å². The summed E-state index contributed by atoms with van der Waals surface area (Å²) in [4.78, 5) is 2.60. The molecule has 0 aromatic heterocycles. The number of hydrogen-bond acceptors (Lipinski definition) is 3. The number of nitrogens with zero attached hydrogens (tertiary/aromatic N) is 1. The third-order valence-electron chi connectivity index (χ3n) is 7.57. The van der Waals surface area contributed by atoms with Crippen LogP contribution in [0.5, 0.6) is 5.75 Å². The van der Waals surface area contributed by atoms with E-state index in [4.69, 9.17) is 0 Å². The summed E-state index contributed by atoms with van der Waals surface area (Å²) in [5, 5.41) is 13.8. The number of aromatic hydroxyl groups is 1. The summed E-state index contributed by atoms with van der Waals surface area (Å²) in [7, 11) is 0. The Morgan fingerprint density at radius 1 is 1.16 bits per heavy atom. The van der Waals surface area contributed by atoms with Crippen LogP contribution in [0.3, 0.4) is 0 Å². The smallest absolute Gasteiger partial charge is 0.416 e. The van der Waals surface area contributed by atoms with Crippen molar-refractivity contribution in [3.63, 3.8) is 0 Å². The Labute approximate surface area is 181 Å². The van der Waals surface area contributed by atoms with E-state index in [9.17, 15) is 18.3 Å². The maximum absolute atomic E-state index is 13.1. The van der Waals surface area contributed by atoms with Gasteiger partial charge in [0.05, 0.1) is 5.56 Å². The van der Waals surface area contributed by atoms with E-state index in [0.29, 0.717) is 18.2 Å². The molecule has 3 atom stereocenters. The van der Waals surface area contributed by atoms with Crippen molar-refractivity contribution in [1.29, 1.82) is 0 Å². The molecule has 5 rings (SSSR count). The van der Waals surface area contributed by atoms with Gasteiger partial charge in [0.1, 0.15) is 5.75 Å². The number of rotatable bonds is 5. The van der Waals surface area contributed by atoms with Gasteiger partial charge in [0.2, 0.25) is 0 Å². The van der Waals surface area contributed by atoms with Crippen molar-refractivity contribution in [3.05, 3.63) is 64.7 Å². The van der Waals surface area contributed by atoms with Crippen molar-refractivity contribution in [1.82, 2.24) is 10.2 Å². The Morgan fingerprint density at radius 3 is 2.71 bits per heavy atom. The second kappa shape index (κ2) is 7.52. The topological polar surface area (TPSA) is 35.5 Å². The molecule has 2 fully saturated rings. The zero-order valence-corrected chi connectivity index (χ0v) is 17.8. The van der Waals surface area contributed by atoms with Crippen LogP contribution in [0.2, 0.25) is 0 Å². The van der Waals surface area contributed by atoms with Gasteiger partial charge in [-0.2, -0.15) is 13.2 Å². The van der Waals surface area contributed by atoms with Crippen molar-refractivity contribution >= 4 is 0 Å². The Hall–Kier alpha value is -2.05. The zero-order valence-electron chi connectivity index (χ0n) is 17.8. The number of likely N-dealkylation sites (tertiary alicyclic amines) is 1. The predicted octanol–water partition coefficient (Wildman–Crippen LogP) is 4.87. The summed E-state index contributed by atoms with van der Waals surface area (Å²) < 4.78 is 39.4. The highest BCUT2D eigenvalue weighted by atomic mass is 19.4. The number of halogens is 3. The highest BCUT2D eigenvalue weighted by Crippen LogP contribution is 2.47. The lowest BCUT2D eigenvalue weighted by atomic mass is 9.61. The molecule has 3 aliphatic rings. The van der Waals surface area contributed by atoms with E-state index in [2.05, 4.69) is 17.1 Å². The van der Waals surface area contributed by atoms with Crippen molar-refractivity contribution in [3.8, 4) is 5.75 Å². The number of phenolic OH excluding ortho intramolecular Hbond substituents is 1. The average Bonchev–Trinajstić information content (AvgIpc) is 3.54. The van der Waals surface area contributed by atoms with Gasteiger partial charge in [-0.25, -0.2) is 0 Å². The van der Waals surface area contributed by atoms with E-state index >= 15 is 0 Å². The quantitative estimate of drug-likeness (QED) is 0.711. The molecule has 2 aromatic carbocycles. The highest BCUT2D eigenvalue weighted by molar-refractivity contribution is 5.45. The van der Waals surface area contributed by atoms with Gasteiger partial charge in [-0.05, 0) is 73.0 Å². The molecule has 2 aliphatic carbocycles. The van der Waals surface area contributed by atoms with Crippen LogP contribution in [0.1, 0.15) is 48.4 Å². The molecule has 166 valence electrons. The molecule has 2 N–H and O–H groups in total. The number of hydrogen-bond donors (Lipinski definition) is 2. The van der Waals surface area contributed by atoms with Crippen LogP contribution in [-0.2, 0) is 24.6 Å². The first-order chi connectivity index (χ1) is 14.7. The van der Waals surface area contributed by atoms with Crippen LogP contribution in [0.25, 0.3) is 0 Å². The fraction of sp³-hybridized carbons (Fsp3) is 0.520. The number of fused-ring (bicyclic) bond motifs is 4.